The summed E-state index contributed by atoms with van der Waals surface area (Å²) in [5.41, 5.74) is 1.78. The van der Waals surface area contributed by atoms with Crippen LogP contribution in [-0.4, -0.2) is 43.7 Å². The summed E-state index contributed by atoms with van der Waals surface area (Å²) in [5.74, 6) is 5.12. The fourth-order valence-electron chi connectivity index (χ4n) is 10.5. The van der Waals surface area contributed by atoms with Crippen LogP contribution >= 0.6 is 0 Å². The molecule has 0 aromatic heterocycles. The summed E-state index contributed by atoms with van der Waals surface area (Å²) < 4.78 is 27.3. The molecular formula is C46H81NO4Si3. The Kier molecular flexibility index (Phi) is 12.8. The minimum atomic E-state index is -2.10. The van der Waals surface area contributed by atoms with Gasteiger partial charge >= 0.3 is 6.08 Å². The third-order valence-electron chi connectivity index (χ3n) is 15.8. The zero-order valence-electron chi connectivity index (χ0n) is 37.7. The van der Waals surface area contributed by atoms with Gasteiger partial charge in [-0.1, -0.05) is 92.6 Å². The van der Waals surface area contributed by atoms with E-state index >= 15 is 0 Å². The second-order valence-corrected chi connectivity index (χ2v) is 36.6. The predicted molar refractivity (Wildman–Crippen MR) is 236 cm³/mol. The van der Waals surface area contributed by atoms with Gasteiger partial charge in [-0.3, -0.25) is 0 Å². The van der Waals surface area contributed by atoms with Crippen molar-refractivity contribution in [3.05, 3.63) is 47.7 Å². The Balaban J connectivity index is 1.33. The highest BCUT2D eigenvalue weighted by molar-refractivity contribution is 6.75. The van der Waals surface area contributed by atoms with Crippen LogP contribution in [0.15, 0.2) is 47.2 Å². The van der Waals surface area contributed by atoms with E-state index in [4.69, 9.17) is 23.0 Å². The number of allylic oxidation sites excluding steroid dienone is 2. The molecule has 3 fully saturated rings. The molecule has 0 radical (unpaired) electrons. The summed E-state index contributed by atoms with van der Waals surface area (Å²) in [6.45, 7) is 39.6. The van der Waals surface area contributed by atoms with Gasteiger partial charge < -0.3 is 18.0 Å². The van der Waals surface area contributed by atoms with Crippen LogP contribution in [0, 0.1) is 46.3 Å². The van der Waals surface area contributed by atoms with Crippen molar-refractivity contribution in [3.63, 3.8) is 0 Å². The average Bonchev–Trinajstić information content (AvgIpc) is 3.40. The fourth-order valence-corrected chi connectivity index (χ4v) is 13.7. The molecule has 0 N–H and O–H groups in total. The summed E-state index contributed by atoms with van der Waals surface area (Å²) in [6, 6.07) is 10.4. The van der Waals surface area contributed by atoms with E-state index in [9.17, 15) is 0 Å². The van der Waals surface area contributed by atoms with E-state index < -0.39 is 25.0 Å². The zero-order valence-corrected chi connectivity index (χ0v) is 40.7. The molecule has 0 bridgehead atoms. The first kappa shape index (κ1) is 43.8. The number of ether oxygens (including phenoxy) is 1. The first-order chi connectivity index (χ1) is 24.8. The first-order valence-electron chi connectivity index (χ1n) is 21.8. The van der Waals surface area contributed by atoms with Crippen LogP contribution in [0.1, 0.15) is 119 Å². The van der Waals surface area contributed by atoms with Crippen molar-refractivity contribution in [2.75, 3.05) is 6.54 Å². The van der Waals surface area contributed by atoms with Crippen molar-refractivity contribution in [2.24, 2.45) is 51.3 Å². The second kappa shape index (κ2) is 15.8. The van der Waals surface area contributed by atoms with E-state index in [1.807, 2.05) is 6.07 Å². The monoisotopic (exact) mass is 796 g/mol. The lowest BCUT2D eigenvalue weighted by Gasteiger charge is -2.61. The molecule has 0 heterocycles. The van der Waals surface area contributed by atoms with Gasteiger partial charge in [-0.2, -0.15) is 0 Å². The molecule has 1 aromatic carbocycles. The molecule has 5 nitrogen and oxygen atoms in total. The molecule has 0 spiro atoms. The highest BCUT2D eigenvalue weighted by Gasteiger charge is 2.62. The van der Waals surface area contributed by atoms with Gasteiger partial charge in [-0.25, -0.2) is 4.99 Å². The highest BCUT2D eigenvalue weighted by Crippen LogP contribution is 2.68. The molecule has 1 aromatic rings. The SMILES string of the molecule is C[C@H](CC/N=C(/OCc1ccccc1)O[Si](C)(C)C(C)(C)C)[C@H]1CC[C@H]2[C@@H]3C(O[Si](C)(C)C)=C[C@@H]4CC(O[Si](C)(C)C(C)(C)C)CC[C@]4(C)[C@H]3CC[C@]12C. The van der Waals surface area contributed by atoms with Gasteiger partial charge in [0.2, 0.25) is 8.32 Å². The Bertz CT molecular complexity index is 1490. The predicted octanol–water partition coefficient (Wildman–Crippen LogP) is 13.6. The van der Waals surface area contributed by atoms with Crippen LogP contribution in [0.4, 0.5) is 0 Å². The Morgan fingerprint density at radius 1 is 0.815 bits per heavy atom. The van der Waals surface area contributed by atoms with E-state index in [2.05, 4.69) is 138 Å². The van der Waals surface area contributed by atoms with Crippen LogP contribution in [-0.2, 0) is 24.6 Å². The van der Waals surface area contributed by atoms with Crippen LogP contribution in [0.2, 0.25) is 55.9 Å². The minimum Gasteiger partial charge on any atom is -0.547 e. The van der Waals surface area contributed by atoms with Gasteiger partial charge in [-0.15, -0.1) is 0 Å². The topological polar surface area (TPSA) is 49.3 Å². The van der Waals surface area contributed by atoms with Crippen LogP contribution in [0.5, 0.6) is 0 Å². The number of hydrogen-bond acceptors (Lipinski definition) is 5. The molecule has 0 amide bonds. The molecule has 4 aliphatic rings. The van der Waals surface area contributed by atoms with E-state index in [1.165, 1.54) is 44.3 Å². The van der Waals surface area contributed by atoms with E-state index in [0.29, 0.717) is 65.1 Å². The van der Waals surface area contributed by atoms with Crippen molar-refractivity contribution in [1.82, 2.24) is 0 Å². The summed E-state index contributed by atoms with van der Waals surface area (Å²) in [7, 11) is -5.73. The molecular weight excluding hydrogens is 715 g/mol. The lowest BCUT2D eigenvalue weighted by molar-refractivity contribution is -0.0950. The normalized spacial score (nSPS) is 32.9. The van der Waals surface area contributed by atoms with Gasteiger partial charge in [0.15, 0.2) is 8.32 Å². The maximum absolute atomic E-state index is 7.22. The Labute approximate surface area is 335 Å². The molecule has 306 valence electrons. The van der Waals surface area contributed by atoms with Crippen molar-refractivity contribution >= 4 is 31.0 Å². The second-order valence-electron chi connectivity index (χ2n) is 22.7. The molecule has 9 atom stereocenters. The van der Waals surface area contributed by atoms with Crippen LogP contribution < -0.4 is 0 Å². The van der Waals surface area contributed by atoms with Crippen molar-refractivity contribution in [3.8, 4) is 0 Å². The molecule has 8 heteroatoms. The van der Waals surface area contributed by atoms with Crippen molar-refractivity contribution in [1.29, 1.82) is 0 Å². The fraction of sp³-hybridized carbons (Fsp3) is 0.804. The standard InChI is InChI=1S/C46H81NO4Si3/c1-33(26-29-47-42(51-54(15,16)44(5,6)7)48-32-34-20-18-17-19-21-34)37-22-23-38-41-39(25-28-46(37,38)9)45(8)27-24-36(49-53(13,14)43(2,3)4)30-35(45)31-40(41)50-52(10,11)12/h17-21,31,33,35-39,41H,22-30,32H2,1-16H3/b47-42-/t33-,35+,36?,37-,38+,39+,41+,45+,46-/m1/s1. The number of benzene rings is 1. The molecule has 0 saturated heterocycles. The number of fused-ring (bicyclic) bond motifs is 5. The quantitative estimate of drug-likeness (QED) is 0.127. The van der Waals surface area contributed by atoms with Crippen molar-refractivity contribution < 1.29 is 18.0 Å². The van der Waals surface area contributed by atoms with Gasteiger partial charge in [-0.05, 0) is 159 Å². The lowest BCUT2D eigenvalue weighted by atomic mass is 9.46. The largest absolute Gasteiger partial charge is 0.547 e. The van der Waals surface area contributed by atoms with E-state index in [0.717, 1.165) is 24.9 Å². The van der Waals surface area contributed by atoms with E-state index in [1.54, 1.807) is 0 Å². The zero-order chi connectivity index (χ0) is 40.1. The molecule has 3 saturated carbocycles. The summed E-state index contributed by atoms with van der Waals surface area (Å²) >= 11 is 0. The maximum Gasteiger partial charge on any atom is 0.369 e. The third-order valence-corrected chi connectivity index (χ3v) is 25.5. The molecule has 0 aliphatic heterocycles. The van der Waals surface area contributed by atoms with Crippen LogP contribution in [0.25, 0.3) is 0 Å². The van der Waals surface area contributed by atoms with Gasteiger partial charge in [0.05, 0.1) is 5.76 Å². The number of aliphatic imine (C=N–C) groups is 1. The molecule has 1 unspecified atom stereocenters. The number of rotatable bonds is 11. The summed E-state index contributed by atoms with van der Waals surface area (Å²) in [5, 5.41) is 0.310. The number of nitrogens with zero attached hydrogens (tertiary/aromatic N) is 1. The Morgan fingerprint density at radius 3 is 2.04 bits per heavy atom. The first-order valence-corrected chi connectivity index (χ1v) is 31.0. The van der Waals surface area contributed by atoms with E-state index in [-0.39, 0.29) is 10.1 Å². The summed E-state index contributed by atoms with van der Waals surface area (Å²) in [4.78, 5) is 5.06. The Hall–Kier alpha value is -1.36. The highest BCUT2D eigenvalue weighted by atomic mass is 28.4. The maximum atomic E-state index is 7.22. The Morgan fingerprint density at radius 2 is 1.43 bits per heavy atom. The average molecular weight is 796 g/mol. The van der Waals surface area contributed by atoms with Gasteiger partial charge in [0.1, 0.15) is 6.61 Å². The number of hydrogen-bond donors (Lipinski definition) is 0. The van der Waals surface area contributed by atoms with Crippen LogP contribution in [0.3, 0.4) is 0 Å². The third kappa shape index (κ3) is 9.33. The molecule has 4 aliphatic carbocycles. The van der Waals surface area contributed by atoms with Gasteiger partial charge in [0.25, 0.3) is 8.32 Å². The molecule has 5 rings (SSSR count). The summed E-state index contributed by atoms with van der Waals surface area (Å²) in [6.07, 6.45) is 13.5. The minimum absolute atomic E-state index is 0.0734. The van der Waals surface area contributed by atoms with Crippen molar-refractivity contribution in [2.45, 2.75) is 182 Å². The lowest BCUT2D eigenvalue weighted by Crippen LogP contribution is -2.55. The smallest absolute Gasteiger partial charge is 0.369 e. The van der Waals surface area contributed by atoms with Gasteiger partial charge in [0, 0.05) is 18.6 Å². The molecule has 54 heavy (non-hydrogen) atoms.